The molecule has 3 aromatic heterocycles. The summed E-state index contributed by atoms with van der Waals surface area (Å²) in [5.41, 5.74) is 2.66. The van der Waals surface area contributed by atoms with Crippen LogP contribution in [0.15, 0.2) is 41.5 Å². The highest BCUT2D eigenvalue weighted by atomic mass is 16.5. The number of aromatic nitrogens is 3. The fourth-order valence-corrected chi connectivity index (χ4v) is 3.90. The maximum absolute atomic E-state index is 12.5. The van der Waals surface area contributed by atoms with Gasteiger partial charge in [0.15, 0.2) is 0 Å². The van der Waals surface area contributed by atoms with Crippen molar-refractivity contribution < 1.29 is 9.53 Å². The van der Waals surface area contributed by atoms with Gasteiger partial charge in [0.25, 0.3) is 11.5 Å². The van der Waals surface area contributed by atoms with Crippen molar-refractivity contribution >= 4 is 56.2 Å². The number of ether oxygens (including phenoxy) is 1. The number of likely N-dealkylation sites (tertiary alicyclic amines) is 1. The first-order chi connectivity index (χ1) is 16.4. The second-order valence-electron chi connectivity index (χ2n) is 8.75. The Morgan fingerprint density at radius 2 is 1.86 bits per heavy atom. The second-order valence-corrected chi connectivity index (χ2v) is 8.75. The fourth-order valence-electron chi connectivity index (χ4n) is 3.90. The van der Waals surface area contributed by atoms with E-state index in [1.54, 1.807) is 36.0 Å². The quantitative estimate of drug-likeness (QED) is 0.457. The lowest BCUT2D eigenvalue weighted by Gasteiger charge is -2.50. The van der Waals surface area contributed by atoms with Crippen LogP contribution in [-0.2, 0) is 18.8 Å². The van der Waals surface area contributed by atoms with Gasteiger partial charge in [-0.2, -0.15) is 0 Å². The molecule has 8 nitrogen and oxygen atoms in total. The second kappa shape index (κ2) is 9.26. The van der Waals surface area contributed by atoms with Crippen LogP contribution in [0.3, 0.4) is 0 Å². The van der Waals surface area contributed by atoms with E-state index in [2.05, 4.69) is 15.3 Å². The molecular weight excluding hydrogens is 436 g/mol. The number of nitrogens with zero attached hydrogens (tertiary/aromatic N) is 4. The number of pyridine rings is 3. The van der Waals surface area contributed by atoms with E-state index in [1.807, 2.05) is 11.8 Å². The first-order valence-corrected chi connectivity index (χ1v) is 11.0. The number of rotatable bonds is 7. The maximum atomic E-state index is 12.5. The fraction of sp³-hybridized carbons (Fsp3) is 0.364. The third-order valence-electron chi connectivity index (χ3n) is 5.97. The summed E-state index contributed by atoms with van der Waals surface area (Å²) >= 11 is 0. The SMILES string of the molecule is [B]C([B])([B])NC(=O)c1ccc(OC2CN(C([B])([B])c3cnc4cc(CC)c(=O)n(C)c4c3)C2)cn1. The molecule has 0 atom stereocenters. The van der Waals surface area contributed by atoms with Crippen molar-refractivity contribution in [3.05, 3.63) is 63.8 Å². The molecule has 166 valence electrons. The van der Waals surface area contributed by atoms with Crippen molar-refractivity contribution in [2.45, 2.75) is 30.0 Å². The third-order valence-corrected chi connectivity index (χ3v) is 5.97. The number of carbonyl (C=O) groups excluding carboxylic acids is 1. The zero-order chi connectivity index (χ0) is 25.5. The minimum atomic E-state index is -1.84. The molecule has 0 unspecified atom stereocenters. The first-order valence-electron chi connectivity index (χ1n) is 11.0. The normalized spacial score (nSPS) is 15.0. The zero-order valence-corrected chi connectivity index (χ0v) is 19.6. The number of hydrogen-bond acceptors (Lipinski definition) is 6. The molecule has 0 aliphatic carbocycles. The highest BCUT2D eigenvalue weighted by Gasteiger charge is 2.39. The summed E-state index contributed by atoms with van der Waals surface area (Å²) in [6, 6.07) is 6.67. The Bertz CT molecular complexity index is 1320. The molecule has 0 saturated carbocycles. The summed E-state index contributed by atoms with van der Waals surface area (Å²) < 4.78 is 7.46. The average molecular weight is 456 g/mol. The van der Waals surface area contributed by atoms with Crippen LogP contribution >= 0.6 is 0 Å². The van der Waals surface area contributed by atoms with Gasteiger partial charge < -0.3 is 19.5 Å². The van der Waals surface area contributed by atoms with Crippen molar-refractivity contribution in [2.75, 3.05) is 13.1 Å². The van der Waals surface area contributed by atoms with Crippen LogP contribution in [0.5, 0.6) is 5.75 Å². The lowest BCUT2D eigenvalue weighted by molar-refractivity contribution is -0.00206. The minimum Gasteiger partial charge on any atom is -0.486 e. The molecule has 0 spiro atoms. The summed E-state index contributed by atoms with van der Waals surface area (Å²) in [7, 11) is 30.7. The monoisotopic (exact) mass is 457 g/mol. The van der Waals surface area contributed by atoms with E-state index in [4.69, 9.17) is 44.0 Å². The van der Waals surface area contributed by atoms with E-state index in [9.17, 15) is 9.59 Å². The van der Waals surface area contributed by atoms with Crippen molar-refractivity contribution in [1.82, 2.24) is 24.8 Å². The standard InChI is InChI=1S/C22H20B5N5O3/c1-3-12-6-17-18(31(2)20(12)34)7-13(8-28-17)21(23,24)32-10-15(11-32)35-14-4-5-16(29-9-14)19(33)30-22(25,26)27/h4-9,15H,3,10-11H2,1-2H3,(H,30,33). The van der Waals surface area contributed by atoms with E-state index in [0.717, 1.165) is 0 Å². The maximum Gasteiger partial charge on any atom is 0.268 e. The van der Waals surface area contributed by atoms with Gasteiger partial charge in [-0.15, -0.1) is 0 Å². The third kappa shape index (κ3) is 5.20. The summed E-state index contributed by atoms with van der Waals surface area (Å²) in [5.74, 6) is -0.137. The van der Waals surface area contributed by atoms with Crippen LogP contribution in [-0.4, -0.2) is 89.0 Å². The predicted molar refractivity (Wildman–Crippen MR) is 137 cm³/mol. The molecule has 1 aliphatic heterocycles. The van der Waals surface area contributed by atoms with E-state index in [1.165, 1.54) is 12.3 Å². The van der Waals surface area contributed by atoms with E-state index in [-0.39, 0.29) is 17.4 Å². The molecule has 0 aromatic carbocycles. The summed E-state index contributed by atoms with van der Waals surface area (Å²) in [6.07, 6.45) is 3.49. The Hall–Kier alpha value is -2.94. The smallest absolute Gasteiger partial charge is 0.268 e. The number of hydrogen-bond donors (Lipinski definition) is 1. The van der Waals surface area contributed by atoms with Crippen molar-refractivity contribution in [3.8, 4) is 5.75 Å². The minimum absolute atomic E-state index is 0.0680. The van der Waals surface area contributed by atoms with Gasteiger partial charge in [-0.25, -0.2) is 4.98 Å². The van der Waals surface area contributed by atoms with Gasteiger partial charge in [0.1, 0.15) is 17.5 Å². The van der Waals surface area contributed by atoms with Crippen LogP contribution in [0.4, 0.5) is 0 Å². The largest absolute Gasteiger partial charge is 0.486 e. The van der Waals surface area contributed by atoms with Crippen LogP contribution in [0, 0.1) is 0 Å². The molecule has 3 aromatic rings. The van der Waals surface area contributed by atoms with Gasteiger partial charge in [-0.05, 0) is 41.6 Å². The molecule has 1 fully saturated rings. The van der Waals surface area contributed by atoms with Crippen LogP contribution in [0.25, 0.3) is 11.0 Å². The molecule has 35 heavy (non-hydrogen) atoms. The molecule has 13 heteroatoms. The Morgan fingerprint density at radius 1 is 1.14 bits per heavy atom. The first kappa shape index (κ1) is 25.2. The Labute approximate surface area is 210 Å². The van der Waals surface area contributed by atoms with Crippen molar-refractivity contribution in [3.63, 3.8) is 0 Å². The number of nitrogens with one attached hydrogen (secondary N) is 1. The van der Waals surface area contributed by atoms with Gasteiger partial charge in [0.05, 0.1) is 56.5 Å². The molecule has 0 bridgehead atoms. The van der Waals surface area contributed by atoms with Gasteiger partial charge in [-0.1, -0.05) is 12.2 Å². The van der Waals surface area contributed by atoms with E-state index in [0.29, 0.717) is 47.4 Å². The molecule has 10 radical (unpaired) electrons. The van der Waals surface area contributed by atoms with Crippen molar-refractivity contribution in [2.24, 2.45) is 7.05 Å². The molecule has 1 saturated heterocycles. The molecule has 1 N–H and O–H groups in total. The number of fused-ring (bicyclic) bond motifs is 1. The van der Waals surface area contributed by atoms with Gasteiger partial charge in [0.2, 0.25) is 0 Å². The Morgan fingerprint density at radius 3 is 2.46 bits per heavy atom. The Kier molecular flexibility index (Phi) is 6.66. The summed E-state index contributed by atoms with van der Waals surface area (Å²) in [6.45, 7) is 2.84. The summed E-state index contributed by atoms with van der Waals surface area (Å²) in [5, 5.41) is -0.933. The van der Waals surface area contributed by atoms with Gasteiger partial charge >= 0.3 is 0 Å². The van der Waals surface area contributed by atoms with E-state index < -0.39 is 16.5 Å². The number of amides is 1. The lowest BCUT2D eigenvalue weighted by atomic mass is 9.49. The van der Waals surface area contributed by atoms with Crippen LogP contribution in [0.2, 0.25) is 0 Å². The number of aryl methyl sites for hydroxylation is 2. The molecular formula is C22H20B5N5O3. The van der Waals surface area contributed by atoms with Gasteiger partial charge in [0, 0.05) is 31.9 Å². The highest BCUT2D eigenvalue weighted by Crippen LogP contribution is 2.30. The lowest BCUT2D eigenvalue weighted by Crippen LogP contribution is -2.63. The van der Waals surface area contributed by atoms with E-state index >= 15 is 0 Å². The van der Waals surface area contributed by atoms with Gasteiger partial charge in [-0.3, -0.25) is 14.6 Å². The van der Waals surface area contributed by atoms with Crippen LogP contribution in [0.1, 0.15) is 28.5 Å². The topological polar surface area (TPSA) is 89.4 Å². The average Bonchev–Trinajstić information content (AvgIpc) is 2.77. The molecule has 1 aliphatic rings. The Balaban J connectivity index is 1.42. The zero-order valence-electron chi connectivity index (χ0n) is 19.6. The molecule has 4 heterocycles. The number of carbonyl (C=O) groups is 1. The predicted octanol–water partition coefficient (Wildman–Crippen LogP) is -1.05. The molecule has 1 amide bonds. The van der Waals surface area contributed by atoms with Crippen LogP contribution < -0.4 is 15.6 Å². The summed E-state index contributed by atoms with van der Waals surface area (Å²) in [4.78, 5) is 34.9. The molecule has 4 rings (SSSR count). The highest BCUT2D eigenvalue weighted by molar-refractivity contribution is 6.60. The van der Waals surface area contributed by atoms with Crippen molar-refractivity contribution in [1.29, 1.82) is 0 Å².